The standard InChI is InChI=1S/C17H18ClFN2O3S/c1-25(23,24)21(11-10-13-2-4-14(18)5-3-13)12-17(22)20-16-8-6-15(19)7-9-16/h2-9H,10-12H2,1H3,(H,20,22). The van der Waals surface area contributed by atoms with E-state index in [0.29, 0.717) is 17.1 Å². The van der Waals surface area contributed by atoms with E-state index >= 15 is 0 Å². The van der Waals surface area contributed by atoms with Crippen molar-refractivity contribution < 1.29 is 17.6 Å². The minimum Gasteiger partial charge on any atom is -0.325 e. The average Bonchev–Trinajstić information content (AvgIpc) is 2.54. The Bertz CT molecular complexity index is 824. The number of halogens is 2. The third kappa shape index (κ3) is 6.45. The third-order valence-corrected chi connectivity index (χ3v) is 4.98. The van der Waals surface area contributed by atoms with E-state index in [4.69, 9.17) is 11.6 Å². The summed E-state index contributed by atoms with van der Waals surface area (Å²) < 4.78 is 37.8. The summed E-state index contributed by atoms with van der Waals surface area (Å²) in [6.45, 7) is -0.152. The van der Waals surface area contributed by atoms with E-state index in [1.54, 1.807) is 24.3 Å². The van der Waals surface area contributed by atoms with Crippen LogP contribution >= 0.6 is 11.6 Å². The fourth-order valence-electron chi connectivity index (χ4n) is 2.16. The van der Waals surface area contributed by atoms with Crippen molar-refractivity contribution in [3.63, 3.8) is 0 Å². The van der Waals surface area contributed by atoms with E-state index in [9.17, 15) is 17.6 Å². The molecular formula is C17H18ClFN2O3S. The number of benzene rings is 2. The number of nitrogens with zero attached hydrogens (tertiary/aromatic N) is 1. The predicted octanol–water partition coefficient (Wildman–Crippen LogP) is 2.92. The maximum atomic E-state index is 12.9. The van der Waals surface area contributed by atoms with Crippen LogP contribution in [0.25, 0.3) is 0 Å². The topological polar surface area (TPSA) is 66.5 Å². The Morgan fingerprint density at radius 3 is 2.28 bits per heavy atom. The zero-order valence-electron chi connectivity index (χ0n) is 13.6. The first-order chi connectivity index (χ1) is 11.7. The van der Waals surface area contributed by atoms with E-state index in [1.807, 2.05) is 0 Å². The quantitative estimate of drug-likeness (QED) is 0.798. The zero-order chi connectivity index (χ0) is 18.4. The Kier molecular flexibility index (Phi) is 6.52. The van der Waals surface area contributed by atoms with Gasteiger partial charge in [-0.1, -0.05) is 23.7 Å². The molecule has 8 heteroatoms. The number of amides is 1. The van der Waals surface area contributed by atoms with E-state index in [0.717, 1.165) is 16.1 Å². The first kappa shape index (κ1) is 19.4. The number of carbonyl (C=O) groups is 1. The number of hydrogen-bond donors (Lipinski definition) is 1. The molecule has 0 aromatic heterocycles. The number of anilines is 1. The summed E-state index contributed by atoms with van der Waals surface area (Å²) in [4.78, 5) is 12.1. The summed E-state index contributed by atoms with van der Waals surface area (Å²) in [6, 6.07) is 12.3. The smallest absolute Gasteiger partial charge is 0.239 e. The van der Waals surface area contributed by atoms with Crippen LogP contribution in [0.4, 0.5) is 10.1 Å². The van der Waals surface area contributed by atoms with Crippen LogP contribution in [0.2, 0.25) is 5.02 Å². The van der Waals surface area contributed by atoms with Crippen molar-refractivity contribution in [2.45, 2.75) is 6.42 Å². The van der Waals surface area contributed by atoms with Crippen LogP contribution in [0.1, 0.15) is 5.56 Å². The molecule has 0 heterocycles. The number of carbonyl (C=O) groups excluding carboxylic acids is 1. The lowest BCUT2D eigenvalue weighted by atomic mass is 10.1. The Hall–Kier alpha value is -1.96. The zero-order valence-corrected chi connectivity index (χ0v) is 15.1. The van der Waals surface area contributed by atoms with Gasteiger partial charge in [0.25, 0.3) is 0 Å². The normalized spacial score (nSPS) is 11.5. The molecule has 0 saturated heterocycles. The lowest BCUT2D eigenvalue weighted by Crippen LogP contribution is -2.38. The molecule has 0 atom stereocenters. The Balaban J connectivity index is 1.98. The van der Waals surface area contributed by atoms with Crippen LogP contribution in [0, 0.1) is 5.82 Å². The van der Waals surface area contributed by atoms with Gasteiger partial charge in [-0.3, -0.25) is 4.79 Å². The van der Waals surface area contributed by atoms with Crippen LogP contribution in [0.5, 0.6) is 0 Å². The number of hydrogen-bond acceptors (Lipinski definition) is 3. The first-order valence-electron chi connectivity index (χ1n) is 7.49. The molecule has 5 nitrogen and oxygen atoms in total. The molecule has 2 aromatic rings. The largest absolute Gasteiger partial charge is 0.325 e. The molecule has 0 aliphatic heterocycles. The molecule has 0 aliphatic rings. The van der Waals surface area contributed by atoms with Gasteiger partial charge in [-0.25, -0.2) is 12.8 Å². The highest BCUT2D eigenvalue weighted by atomic mass is 35.5. The van der Waals surface area contributed by atoms with Crippen molar-refractivity contribution in [3.05, 3.63) is 64.9 Å². The maximum Gasteiger partial charge on any atom is 0.239 e. The van der Waals surface area contributed by atoms with Gasteiger partial charge >= 0.3 is 0 Å². The summed E-state index contributed by atoms with van der Waals surface area (Å²) in [7, 11) is -3.55. The fourth-order valence-corrected chi connectivity index (χ4v) is 3.06. The van der Waals surface area contributed by atoms with Crippen LogP contribution in [-0.4, -0.2) is 38.0 Å². The molecule has 1 N–H and O–H groups in total. The van der Waals surface area contributed by atoms with E-state index in [-0.39, 0.29) is 13.1 Å². The fraction of sp³-hybridized carbons (Fsp3) is 0.235. The van der Waals surface area contributed by atoms with Gasteiger partial charge in [0.1, 0.15) is 5.82 Å². The third-order valence-electron chi connectivity index (χ3n) is 3.48. The highest BCUT2D eigenvalue weighted by molar-refractivity contribution is 7.88. The lowest BCUT2D eigenvalue weighted by Gasteiger charge is -2.19. The molecule has 2 rings (SSSR count). The van der Waals surface area contributed by atoms with Gasteiger partial charge in [0.2, 0.25) is 15.9 Å². The Morgan fingerprint density at radius 1 is 1.12 bits per heavy atom. The van der Waals surface area contributed by atoms with Crippen LogP contribution in [0.15, 0.2) is 48.5 Å². The second-order valence-electron chi connectivity index (χ2n) is 5.53. The van der Waals surface area contributed by atoms with Gasteiger partial charge in [-0.2, -0.15) is 4.31 Å². The molecule has 25 heavy (non-hydrogen) atoms. The van der Waals surface area contributed by atoms with E-state index < -0.39 is 21.7 Å². The highest BCUT2D eigenvalue weighted by Gasteiger charge is 2.20. The molecule has 0 unspecified atom stereocenters. The molecule has 0 aliphatic carbocycles. The van der Waals surface area contributed by atoms with Gasteiger partial charge < -0.3 is 5.32 Å². The average molecular weight is 385 g/mol. The summed E-state index contributed by atoms with van der Waals surface area (Å²) in [6.07, 6.45) is 1.51. The minimum atomic E-state index is -3.55. The molecule has 0 saturated carbocycles. The first-order valence-corrected chi connectivity index (χ1v) is 9.71. The van der Waals surface area contributed by atoms with Crippen molar-refractivity contribution in [1.82, 2.24) is 4.31 Å². The van der Waals surface area contributed by atoms with Gasteiger partial charge in [-0.05, 0) is 48.4 Å². The summed E-state index contributed by atoms with van der Waals surface area (Å²) >= 11 is 5.82. The summed E-state index contributed by atoms with van der Waals surface area (Å²) in [5, 5.41) is 3.15. The highest BCUT2D eigenvalue weighted by Crippen LogP contribution is 2.12. The van der Waals surface area contributed by atoms with Crippen molar-refractivity contribution in [1.29, 1.82) is 0 Å². The van der Waals surface area contributed by atoms with Crippen molar-refractivity contribution in [2.24, 2.45) is 0 Å². The molecule has 1 amide bonds. The second-order valence-corrected chi connectivity index (χ2v) is 7.95. The van der Waals surface area contributed by atoms with Crippen LogP contribution < -0.4 is 5.32 Å². The number of nitrogens with one attached hydrogen (secondary N) is 1. The van der Waals surface area contributed by atoms with E-state index in [1.165, 1.54) is 24.3 Å². The number of rotatable bonds is 7. The second kappa shape index (κ2) is 8.42. The van der Waals surface area contributed by atoms with Gasteiger partial charge in [0, 0.05) is 17.3 Å². The van der Waals surface area contributed by atoms with Crippen LogP contribution in [-0.2, 0) is 21.2 Å². The molecule has 134 valence electrons. The summed E-state index contributed by atoms with van der Waals surface area (Å²) in [5.41, 5.74) is 1.31. The SMILES string of the molecule is CS(=O)(=O)N(CCc1ccc(Cl)cc1)CC(=O)Nc1ccc(F)cc1. The van der Waals surface area contributed by atoms with Gasteiger partial charge in [0.05, 0.1) is 12.8 Å². The van der Waals surface area contributed by atoms with Crippen molar-refractivity contribution in [2.75, 3.05) is 24.7 Å². The lowest BCUT2D eigenvalue weighted by molar-refractivity contribution is -0.116. The molecule has 0 spiro atoms. The molecule has 0 fully saturated rings. The molecule has 0 bridgehead atoms. The van der Waals surface area contributed by atoms with Gasteiger partial charge in [0.15, 0.2) is 0 Å². The van der Waals surface area contributed by atoms with Crippen molar-refractivity contribution >= 4 is 33.2 Å². The molecule has 0 radical (unpaired) electrons. The monoisotopic (exact) mass is 384 g/mol. The van der Waals surface area contributed by atoms with Gasteiger partial charge in [-0.15, -0.1) is 0 Å². The van der Waals surface area contributed by atoms with Crippen molar-refractivity contribution in [3.8, 4) is 0 Å². The minimum absolute atomic E-state index is 0.164. The Morgan fingerprint density at radius 2 is 1.72 bits per heavy atom. The number of sulfonamides is 1. The molecule has 2 aromatic carbocycles. The summed E-state index contributed by atoms with van der Waals surface area (Å²) in [5.74, 6) is -0.910. The van der Waals surface area contributed by atoms with E-state index in [2.05, 4.69) is 5.32 Å². The Labute approximate surface area is 151 Å². The maximum absolute atomic E-state index is 12.9. The molecular weight excluding hydrogens is 367 g/mol. The predicted molar refractivity (Wildman–Crippen MR) is 96.6 cm³/mol. The van der Waals surface area contributed by atoms with Crippen LogP contribution in [0.3, 0.4) is 0 Å².